The molecular weight excluding hydrogens is 1010 g/mol. The van der Waals surface area contributed by atoms with Crippen LogP contribution in [0.1, 0.15) is 47.2 Å². The Morgan fingerprint density at radius 2 is 0.714 bits per heavy atom. The van der Waals surface area contributed by atoms with E-state index >= 15 is 0 Å². The van der Waals surface area contributed by atoms with Gasteiger partial charge < -0.3 is 9.47 Å². The molecule has 0 radical (unpaired) electrons. The molecule has 2 aliphatic rings. The molecule has 0 bridgehead atoms. The van der Waals surface area contributed by atoms with E-state index in [9.17, 15) is 0 Å². The molecule has 0 amide bonds. The average Bonchev–Trinajstić information content (AvgIpc) is 1.60. The quantitative estimate of drug-likeness (QED) is 0.140. The maximum absolute atomic E-state index is 2.50. The number of para-hydroxylation sites is 4. The van der Waals surface area contributed by atoms with Crippen molar-refractivity contribution >= 4 is 38.9 Å². The van der Waals surface area contributed by atoms with Gasteiger partial charge in [0.15, 0.2) is 0 Å². The molecule has 0 fully saturated rings. The first-order valence-corrected chi connectivity index (χ1v) is 29.3. The molecule has 84 heavy (non-hydrogen) atoms. The fourth-order valence-corrected chi connectivity index (χ4v) is 14.6. The first-order chi connectivity index (χ1) is 41.5. The van der Waals surface area contributed by atoms with Crippen LogP contribution in [0.2, 0.25) is 0 Å². The van der Waals surface area contributed by atoms with Crippen molar-refractivity contribution in [2.75, 3.05) is 4.90 Å². The second-order valence-corrected chi connectivity index (χ2v) is 23.1. The monoisotopic (exact) mass is 1070 g/mol. The summed E-state index contributed by atoms with van der Waals surface area (Å²) in [6.45, 7) is 4.79. The Morgan fingerprint density at radius 1 is 0.274 bits per heavy atom. The van der Waals surface area contributed by atoms with Crippen LogP contribution in [-0.2, 0) is 10.8 Å². The summed E-state index contributed by atoms with van der Waals surface area (Å²) in [7, 11) is 0. The van der Waals surface area contributed by atoms with Crippen molar-refractivity contribution in [1.29, 1.82) is 0 Å². The maximum Gasteiger partial charge on any atom is 0.0719 e. The number of rotatable bonds is 9. The Kier molecular flexibility index (Phi) is 11.5. The molecule has 396 valence electrons. The minimum absolute atomic E-state index is 0.166. The lowest BCUT2D eigenvalue weighted by atomic mass is 9.55. The Bertz CT molecular complexity index is 4800. The first kappa shape index (κ1) is 49.3. The number of fused-ring (bicyclic) bond motifs is 12. The standard InChI is InChI=1S/C82H58N2/c1-81(2)73-38-17-19-40-75(73)82(76-41-20-18-39-74(76)81)72-37-16-13-32-67(72)68-53-48-58(54-77(68)82)55-44-49-60(50-45-55)83(78-42-21-14-33-69(78)66-31-12-11-30-65(66)64-29-10-9-28-62(64)56-24-5-3-6-25-56)61-51-46-57(47-52-61)63-35-23-36-71-70-34-15-22-43-79(70)84(80(63)71)59-26-7-4-8-27-59/h3-54H,1-2H3. The van der Waals surface area contributed by atoms with Crippen LogP contribution in [-0.4, -0.2) is 4.57 Å². The Morgan fingerprint density at radius 3 is 1.38 bits per heavy atom. The predicted molar refractivity (Wildman–Crippen MR) is 352 cm³/mol. The van der Waals surface area contributed by atoms with Gasteiger partial charge in [-0.3, -0.25) is 0 Å². The highest BCUT2D eigenvalue weighted by molar-refractivity contribution is 6.14. The number of aromatic nitrogens is 1. The fourth-order valence-electron chi connectivity index (χ4n) is 14.6. The molecule has 0 saturated carbocycles. The highest BCUT2D eigenvalue weighted by atomic mass is 15.1. The van der Waals surface area contributed by atoms with Crippen LogP contribution in [0.3, 0.4) is 0 Å². The van der Waals surface area contributed by atoms with Gasteiger partial charge in [0, 0.05) is 44.4 Å². The van der Waals surface area contributed by atoms with E-state index in [0.717, 1.165) is 39.4 Å². The number of benzene rings is 13. The Hall–Kier alpha value is -10.5. The van der Waals surface area contributed by atoms with Crippen molar-refractivity contribution in [3.8, 4) is 72.4 Å². The molecule has 0 atom stereocenters. The number of anilines is 3. The van der Waals surface area contributed by atoms with E-state index < -0.39 is 5.41 Å². The van der Waals surface area contributed by atoms with Gasteiger partial charge in [0.05, 0.1) is 22.1 Å². The van der Waals surface area contributed by atoms with Crippen LogP contribution in [0, 0.1) is 0 Å². The van der Waals surface area contributed by atoms with Crippen molar-refractivity contribution in [2.45, 2.75) is 24.7 Å². The maximum atomic E-state index is 2.50. The van der Waals surface area contributed by atoms with E-state index in [-0.39, 0.29) is 5.41 Å². The van der Waals surface area contributed by atoms with Gasteiger partial charge in [-0.1, -0.05) is 275 Å². The third-order valence-corrected chi connectivity index (χ3v) is 18.3. The van der Waals surface area contributed by atoms with Gasteiger partial charge in [0.25, 0.3) is 0 Å². The van der Waals surface area contributed by atoms with Crippen molar-refractivity contribution in [3.63, 3.8) is 0 Å². The summed E-state index contributed by atoms with van der Waals surface area (Å²) in [6, 6.07) is 117. The molecular formula is C82H58N2. The molecule has 1 heterocycles. The Labute approximate surface area is 491 Å². The van der Waals surface area contributed by atoms with Crippen LogP contribution in [0.25, 0.3) is 94.3 Å². The largest absolute Gasteiger partial charge is 0.310 e. The van der Waals surface area contributed by atoms with Crippen molar-refractivity contribution < 1.29 is 0 Å². The normalized spacial score (nSPS) is 13.3. The predicted octanol–water partition coefficient (Wildman–Crippen LogP) is 21.6. The fraction of sp³-hybridized carbons (Fsp3) is 0.0488. The second kappa shape index (κ2) is 19.6. The van der Waals surface area contributed by atoms with Crippen LogP contribution < -0.4 is 4.90 Å². The van der Waals surface area contributed by atoms with Gasteiger partial charge in [0.2, 0.25) is 0 Å². The van der Waals surface area contributed by atoms with Crippen LogP contribution in [0.4, 0.5) is 17.1 Å². The van der Waals surface area contributed by atoms with Crippen LogP contribution in [0.15, 0.2) is 315 Å². The van der Waals surface area contributed by atoms with E-state index in [1.165, 1.54) is 105 Å². The molecule has 1 spiro atoms. The smallest absolute Gasteiger partial charge is 0.0719 e. The SMILES string of the molecule is CC1(C)c2ccccc2C2(c3ccccc3-c3ccc(-c4ccc(N(c5ccc(-c6cccc7c8ccccc8n(-c8ccccc8)c67)cc5)c5ccccc5-c5ccccc5-c5ccccc5-c5ccccc5)cc4)cc32)c2ccccc21. The molecule has 0 N–H and O–H groups in total. The zero-order valence-corrected chi connectivity index (χ0v) is 46.9. The van der Waals surface area contributed by atoms with E-state index in [1.807, 2.05) is 0 Å². The molecule has 13 aromatic carbocycles. The molecule has 2 aliphatic carbocycles. The zero-order chi connectivity index (χ0) is 55.9. The minimum Gasteiger partial charge on any atom is -0.310 e. The molecule has 0 unspecified atom stereocenters. The van der Waals surface area contributed by atoms with Gasteiger partial charge in [-0.05, 0) is 144 Å². The second-order valence-electron chi connectivity index (χ2n) is 23.1. The molecule has 14 aromatic rings. The summed E-state index contributed by atoms with van der Waals surface area (Å²) in [6.07, 6.45) is 0. The molecule has 16 rings (SSSR count). The zero-order valence-electron chi connectivity index (χ0n) is 46.9. The van der Waals surface area contributed by atoms with Crippen LogP contribution in [0.5, 0.6) is 0 Å². The summed E-state index contributed by atoms with van der Waals surface area (Å²) in [5, 5.41) is 2.48. The highest BCUT2D eigenvalue weighted by Gasteiger charge is 2.53. The van der Waals surface area contributed by atoms with Crippen molar-refractivity contribution in [1.82, 2.24) is 4.57 Å². The minimum atomic E-state index is -0.473. The van der Waals surface area contributed by atoms with Crippen molar-refractivity contribution in [2.24, 2.45) is 0 Å². The molecule has 0 aliphatic heterocycles. The van der Waals surface area contributed by atoms with E-state index in [2.05, 4.69) is 339 Å². The lowest BCUT2D eigenvalue weighted by Crippen LogP contribution is -2.40. The number of hydrogen-bond donors (Lipinski definition) is 0. The molecule has 2 heteroatoms. The van der Waals surface area contributed by atoms with E-state index in [0.29, 0.717) is 0 Å². The van der Waals surface area contributed by atoms with E-state index in [1.54, 1.807) is 0 Å². The third-order valence-electron chi connectivity index (χ3n) is 18.3. The topological polar surface area (TPSA) is 8.17 Å². The van der Waals surface area contributed by atoms with E-state index in [4.69, 9.17) is 0 Å². The van der Waals surface area contributed by atoms with Crippen molar-refractivity contribution in [3.05, 3.63) is 349 Å². The molecule has 0 saturated heterocycles. The number of hydrogen-bond acceptors (Lipinski definition) is 1. The summed E-state index contributed by atoms with van der Waals surface area (Å²) >= 11 is 0. The number of nitrogens with zero attached hydrogens (tertiary/aromatic N) is 2. The molecule has 2 nitrogen and oxygen atoms in total. The van der Waals surface area contributed by atoms with Gasteiger partial charge >= 0.3 is 0 Å². The summed E-state index contributed by atoms with van der Waals surface area (Å²) < 4.78 is 2.43. The van der Waals surface area contributed by atoms with Gasteiger partial charge in [0.1, 0.15) is 0 Å². The van der Waals surface area contributed by atoms with Gasteiger partial charge in [-0.25, -0.2) is 0 Å². The molecule has 1 aromatic heterocycles. The van der Waals surface area contributed by atoms with Crippen LogP contribution >= 0.6 is 0 Å². The summed E-state index contributed by atoms with van der Waals surface area (Å²) in [5.74, 6) is 0. The first-order valence-electron chi connectivity index (χ1n) is 29.3. The lowest BCUT2D eigenvalue weighted by Gasteiger charge is -2.46. The van der Waals surface area contributed by atoms with Gasteiger partial charge in [-0.15, -0.1) is 0 Å². The summed E-state index contributed by atoms with van der Waals surface area (Å²) in [5.41, 5.74) is 28.7. The summed E-state index contributed by atoms with van der Waals surface area (Å²) in [4.78, 5) is 2.45. The highest BCUT2D eigenvalue weighted by Crippen LogP contribution is 2.62. The lowest BCUT2D eigenvalue weighted by molar-refractivity contribution is 0.563. The average molecular weight is 1070 g/mol. The Balaban J connectivity index is 0.859. The van der Waals surface area contributed by atoms with Gasteiger partial charge in [-0.2, -0.15) is 0 Å². The third kappa shape index (κ3) is 7.50.